The highest BCUT2D eigenvalue weighted by Crippen LogP contribution is 2.27. The molecule has 1 aliphatic heterocycles. The lowest BCUT2D eigenvalue weighted by atomic mass is 9.89. The molecule has 0 bridgehead atoms. The number of sulfonamides is 1. The second-order valence-corrected chi connectivity index (χ2v) is 12.4. The molecule has 0 unspecified atom stereocenters. The molecule has 7 nitrogen and oxygen atoms in total. The number of benzene rings is 3. The van der Waals surface area contributed by atoms with E-state index in [1.165, 1.54) is 4.31 Å². The Labute approximate surface area is 224 Å². The normalized spacial score (nSPS) is 22.6. The summed E-state index contributed by atoms with van der Waals surface area (Å²) in [5.41, 5.74) is 1.56. The Morgan fingerprint density at radius 1 is 0.816 bits per heavy atom. The molecule has 2 fully saturated rings. The second-order valence-electron chi connectivity index (χ2n) is 10.5. The van der Waals surface area contributed by atoms with Crippen LogP contribution in [0.5, 0.6) is 0 Å². The Balaban J connectivity index is 1.25. The molecule has 3 atom stereocenters. The van der Waals surface area contributed by atoms with E-state index in [9.17, 15) is 18.0 Å². The fourth-order valence-corrected chi connectivity index (χ4v) is 7.26. The van der Waals surface area contributed by atoms with Crippen molar-refractivity contribution in [2.75, 3.05) is 13.1 Å². The molecule has 2 N–H and O–H groups in total. The molecule has 0 spiro atoms. The predicted molar refractivity (Wildman–Crippen MR) is 148 cm³/mol. The van der Waals surface area contributed by atoms with Crippen molar-refractivity contribution >= 4 is 32.6 Å². The number of piperidine rings is 1. The molecule has 1 saturated carbocycles. The van der Waals surface area contributed by atoms with Gasteiger partial charge in [-0.25, -0.2) is 8.42 Å². The fraction of sp³-hybridized carbons (Fsp3) is 0.400. The second kappa shape index (κ2) is 11.3. The molecule has 2 amide bonds. The SMILES string of the molecule is Cc1ccccc1C(=O)N[C@@H]1CCCC[C@H]1NC(=O)[C@H]1CCCN(S(=O)(=O)c2ccc3ccccc3c2)C1. The number of rotatable bonds is 6. The van der Waals surface area contributed by atoms with Gasteiger partial charge in [-0.2, -0.15) is 4.31 Å². The van der Waals surface area contributed by atoms with E-state index in [1.54, 1.807) is 12.1 Å². The highest BCUT2D eigenvalue weighted by molar-refractivity contribution is 7.89. The van der Waals surface area contributed by atoms with Crippen molar-refractivity contribution in [3.05, 3.63) is 77.9 Å². The van der Waals surface area contributed by atoms with Gasteiger partial charge in [-0.1, -0.05) is 61.4 Å². The maximum Gasteiger partial charge on any atom is 0.251 e. The van der Waals surface area contributed by atoms with E-state index in [0.29, 0.717) is 24.9 Å². The molecule has 2 aliphatic rings. The van der Waals surface area contributed by atoms with Crippen LogP contribution in [0.15, 0.2) is 71.6 Å². The number of amides is 2. The van der Waals surface area contributed by atoms with Crippen LogP contribution in [-0.4, -0.2) is 49.7 Å². The Kier molecular flexibility index (Phi) is 7.81. The monoisotopic (exact) mass is 533 g/mol. The Hall–Kier alpha value is -3.23. The summed E-state index contributed by atoms with van der Waals surface area (Å²) < 4.78 is 28.4. The molecule has 200 valence electrons. The van der Waals surface area contributed by atoms with Crippen LogP contribution in [0.3, 0.4) is 0 Å². The van der Waals surface area contributed by atoms with Gasteiger partial charge in [0.25, 0.3) is 5.91 Å². The molecule has 8 heteroatoms. The lowest BCUT2D eigenvalue weighted by Crippen LogP contribution is -2.55. The maximum atomic E-state index is 13.5. The Morgan fingerprint density at radius 3 is 2.26 bits per heavy atom. The van der Waals surface area contributed by atoms with E-state index in [1.807, 2.05) is 61.5 Å². The van der Waals surface area contributed by atoms with Gasteiger partial charge in [0.15, 0.2) is 0 Å². The van der Waals surface area contributed by atoms with Crippen LogP contribution in [0.1, 0.15) is 54.4 Å². The summed E-state index contributed by atoms with van der Waals surface area (Å²) in [6.45, 7) is 2.47. The quantitative estimate of drug-likeness (QED) is 0.491. The summed E-state index contributed by atoms with van der Waals surface area (Å²) in [6, 6.07) is 20.0. The minimum atomic E-state index is -3.72. The number of nitrogens with zero attached hydrogens (tertiary/aromatic N) is 1. The molecule has 0 aromatic heterocycles. The maximum absolute atomic E-state index is 13.5. The number of carbonyl (C=O) groups excluding carboxylic acids is 2. The van der Waals surface area contributed by atoms with Crippen LogP contribution >= 0.6 is 0 Å². The summed E-state index contributed by atoms with van der Waals surface area (Å²) in [5.74, 6) is -0.682. The Morgan fingerprint density at radius 2 is 1.50 bits per heavy atom. The molecule has 1 aliphatic carbocycles. The van der Waals surface area contributed by atoms with Gasteiger partial charge >= 0.3 is 0 Å². The van der Waals surface area contributed by atoms with Gasteiger partial charge in [-0.15, -0.1) is 0 Å². The molecule has 3 aromatic carbocycles. The van der Waals surface area contributed by atoms with Gasteiger partial charge in [-0.05, 0) is 67.1 Å². The van der Waals surface area contributed by atoms with Crippen molar-refractivity contribution in [1.29, 1.82) is 0 Å². The number of fused-ring (bicyclic) bond motifs is 1. The zero-order chi connectivity index (χ0) is 26.7. The van der Waals surface area contributed by atoms with Crippen LogP contribution in [-0.2, 0) is 14.8 Å². The smallest absolute Gasteiger partial charge is 0.251 e. The van der Waals surface area contributed by atoms with Crippen molar-refractivity contribution in [1.82, 2.24) is 14.9 Å². The van der Waals surface area contributed by atoms with Crippen LogP contribution in [0.25, 0.3) is 10.8 Å². The topological polar surface area (TPSA) is 95.6 Å². The standard InChI is InChI=1S/C30H35N3O4S/c1-21-9-2-5-13-26(21)30(35)32-28-15-7-6-14-27(28)31-29(34)24-12-8-18-33(20-24)38(36,37)25-17-16-22-10-3-4-11-23(22)19-25/h2-5,9-11,13,16-17,19,24,27-28H,6-8,12,14-15,18,20H2,1H3,(H,31,34)(H,32,35)/t24-,27+,28+/m0/s1. The predicted octanol–water partition coefficient (Wildman–Crippen LogP) is 4.41. The van der Waals surface area contributed by atoms with Crippen molar-refractivity contribution < 1.29 is 18.0 Å². The third-order valence-corrected chi connectivity index (χ3v) is 9.77. The van der Waals surface area contributed by atoms with E-state index in [2.05, 4.69) is 10.6 Å². The number of hydrogen-bond acceptors (Lipinski definition) is 4. The van der Waals surface area contributed by atoms with Crippen molar-refractivity contribution in [2.45, 2.75) is 62.4 Å². The van der Waals surface area contributed by atoms with Gasteiger partial charge in [0, 0.05) is 30.7 Å². The highest BCUT2D eigenvalue weighted by Gasteiger charge is 2.36. The first-order valence-corrected chi connectivity index (χ1v) is 14.9. The molecule has 1 heterocycles. The Bertz CT molecular complexity index is 1440. The third kappa shape index (κ3) is 5.61. The van der Waals surface area contributed by atoms with Crippen LogP contribution in [0.2, 0.25) is 0 Å². The summed E-state index contributed by atoms with van der Waals surface area (Å²) >= 11 is 0. The van der Waals surface area contributed by atoms with Crippen LogP contribution < -0.4 is 10.6 Å². The summed E-state index contributed by atoms with van der Waals surface area (Å²) in [5, 5.41) is 8.17. The lowest BCUT2D eigenvalue weighted by molar-refractivity contribution is -0.127. The average molecular weight is 534 g/mol. The van der Waals surface area contributed by atoms with Crippen LogP contribution in [0, 0.1) is 12.8 Å². The minimum Gasteiger partial charge on any atom is -0.351 e. The summed E-state index contributed by atoms with van der Waals surface area (Å²) in [7, 11) is -3.72. The summed E-state index contributed by atoms with van der Waals surface area (Å²) in [6.07, 6.45) is 4.83. The first kappa shape index (κ1) is 26.4. The summed E-state index contributed by atoms with van der Waals surface area (Å²) in [4.78, 5) is 26.6. The van der Waals surface area contributed by atoms with Crippen molar-refractivity contribution in [2.24, 2.45) is 5.92 Å². The van der Waals surface area contributed by atoms with Crippen molar-refractivity contribution in [3.63, 3.8) is 0 Å². The largest absolute Gasteiger partial charge is 0.351 e. The number of carbonyl (C=O) groups is 2. The van der Waals surface area contributed by atoms with Gasteiger partial charge in [-0.3, -0.25) is 9.59 Å². The third-order valence-electron chi connectivity index (χ3n) is 7.91. The molecular formula is C30H35N3O4S. The zero-order valence-electron chi connectivity index (χ0n) is 21.7. The van der Waals surface area contributed by atoms with E-state index in [-0.39, 0.29) is 35.3 Å². The van der Waals surface area contributed by atoms with E-state index < -0.39 is 15.9 Å². The number of aryl methyl sites for hydroxylation is 1. The molecular weight excluding hydrogens is 498 g/mol. The first-order chi connectivity index (χ1) is 18.3. The van der Waals surface area contributed by atoms with Gasteiger partial charge < -0.3 is 10.6 Å². The fourth-order valence-electron chi connectivity index (χ4n) is 5.70. The van der Waals surface area contributed by atoms with E-state index in [0.717, 1.165) is 42.0 Å². The molecule has 0 radical (unpaired) electrons. The van der Waals surface area contributed by atoms with Crippen molar-refractivity contribution in [3.8, 4) is 0 Å². The molecule has 5 rings (SSSR count). The minimum absolute atomic E-state index is 0.125. The molecule has 3 aromatic rings. The zero-order valence-corrected chi connectivity index (χ0v) is 22.5. The first-order valence-electron chi connectivity index (χ1n) is 13.5. The van der Waals surface area contributed by atoms with Crippen LogP contribution in [0.4, 0.5) is 0 Å². The number of nitrogens with one attached hydrogen (secondary N) is 2. The highest BCUT2D eigenvalue weighted by atomic mass is 32.2. The molecule has 38 heavy (non-hydrogen) atoms. The number of hydrogen-bond donors (Lipinski definition) is 2. The molecule has 1 saturated heterocycles. The van der Waals surface area contributed by atoms with Gasteiger partial charge in [0.2, 0.25) is 15.9 Å². The lowest BCUT2D eigenvalue weighted by Gasteiger charge is -2.36. The van der Waals surface area contributed by atoms with E-state index in [4.69, 9.17) is 0 Å². The van der Waals surface area contributed by atoms with Gasteiger partial charge in [0.05, 0.1) is 10.8 Å². The van der Waals surface area contributed by atoms with E-state index >= 15 is 0 Å². The average Bonchev–Trinajstić information content (AvgIpc) is 2.94. The van der Waals surface area contributed by atoms with Gasteiger partial charge in [0.1, 0.15) is 0 Å².